The second-order valence-electron chi connectivity index (χ2n) is 4.40. The monoisotopic (exact) mass is 200 g/mol. The number of nitrogens with two attached hydrogens (primary N) is 1. The highest BCUT2D eigenvalue weighted by Gasteiger charge is 2.28. The van der Waals surface area contributed by atoms with E-state index < -0.39 is 0 Å². The summed E-state index contributed by atoms with van der Waals surface area (Å²) in [7, 11) is 0. The van der Waals surface area contributed by atoms with Gasteiger partial charge in [0.2, 0.25) is 0 Å². The zero-order chi connectivity index (χ0) is 10.3. The number of aliphatic hydroxyl groups excluding tert-OH is 1. The first-order chi connectivity index (χ1) is 6.83. The Morgan fingerprint density at radius 1 is 1.14 bits per heavy atom. The lowest BCUT2D eigenvalue weighted by Crippen LogP contribution is -2.51. The van der Waals surface area contributed by atoms with Crippen LogP contribution in [0.15, 0.2) is 0 Å². The maximum Gasteiger partial charge on any atom is 0.0443 e. The van der Waals surface area contributed by atoms with E-state index in [1.54, 1.807) is 0 Å². The Labute approximate surface area is 87.1 Å². The maximum absolute atomic E-state index is 8.74. The quantitative estimate of drug-likeness (QED) is 0.458. The smallest absolute Gasteiger partial charge is 0.0443 e. The number of hydrogen-bond donors (Lipinski definition) is 3. The fourth-order valence-corrected chi connectivity index (χ4v) is 2.29. The zero-order valence-corrected chi connectivity index (χ0v) is 9.10. The summed E-state index contributed by atoms with van der Waals surface area (Å²) in [5.41, 5.74) is 6.04. The van der Waals surface area contributed by atoms with Crippen molar-refractivity contribution >= 4 is 0 Å². The molecule has 1 fully saturated rings. The van der Waals surface area contributed by atoms with Crippen LogP contribution < -0.4 is 11.1 Å². The van der Waals surface area contributed by atoms with Crippen molar-refractivity contribution in [1.82, 2.24) is 5.32 Å². The fraction of sp³-hybridized carbons (Fsp3) is 1.00. The van der Waals surface area contributed by atoms with Crippen molar-refractivity contribution in [2.75, 3.05) is 19.7 Å². The van der Waals surface area contributed by atoms with Crippen LogP contribution in [-0.2, 0) is 0 Å². The molecule has 1 saturated carbocycles. The first kappa shape index (κ1) is 12.0. The minimum Gasteiger partial charge on any atom is -0.396 e. The number of nitrogens with one attached hydrogen (secondary N) is 1. The minimum atomic E-state index is 0.172. The Morgan fingerprint density at radius 2 is 1.79 bits per heavy atom. The molecule has 0 spiro atoms. The highest BCUT2D eigenvalue weighted by molar-refractivity contribution is 4.90. The largest absolute Gasteiger partial charge is 0.396 e. The minimum absolute atomic E-state index is 0.172. The molecule has 0 unspecified atom stereocenters. The van der Waals surface area contributed by atoms with Gasteiger partial charge < -0.3 is 16.2 Å². The van der Waals surface area contributed by atoms with Crippen molar-refractivity contribution in [3.63, 3.8) is 0 Å². The summed E-state index contributed by atoms with van der Waals surface area (Å²) in [5.74, 6) is 0. The number of hydrogen-bond acceptors (Lipinski definition) is 3. The predicted molar refractivity (Wildman–Crippen MR) is 59.2 cm³/mol. The molecule has 3 nitrogen and oxygen atoms in total. The molecule has 0 radical (unpaired) electrons. The highest BCUT2D eigenvalue weighted by atomic mass is 16.3. The Morgan fingerprint density at radius 3 is 2.29 bits per heavy atom. The Hall–Kier alpha value is -0.120. The molecule has 14 heavy (non-hydrogen) atoms. The van der Waals surface area contributed by atoms with Crippen molar-refractivity contribution in [3.8, 4) is 0 Å². The van der Waals surface area contributed by atoms with E-state index in [9.17, 15) is 0 Å². The standard InChI is InChI=1S/C11H24N2O/c12-10-11(13-8-5-9-14)6-3-1-2-4-7-11/h13-14H,1-10,12H2. The van der Waals surface area contributed by atoms with Crippen LogP contribution >= 0.6 is 0 Å². The Bertz CT molecular complexity index is 142. The van der Waals surface area contributed by atoms with E-state index >= 15 is 0 Å². The van der Waals surface area contributed by atoms with E-state index in [0.29, 0.717) is 0 Å². The van der Waals surface area contributed by atoms with Gasteiger partial charge >= 0.3 is 0 Å². The van der Waals surface area contributed by atoms with Crippen molar-refractivity contribution in [2.24, 2.45) is 5.73 Å². The molecule has 3 heteroatoms. The van der Waals surface area contributed by atoms with Crippen molar-refractivity contribution in [3.05, 3.63) is 0 Å². The van der Waals surface area contributed by atoms with Gasteiger partial charge in [0.25, 0.3) is 0 Å². The van der Waals surface area contributed by atoms with Crippen LogP contribution in [0.5, 0.6) is 0 Å². The van der Waals surface area contributed by atoms with E-state index in [1.165, 1.54) is 38.5 Å². The molecule has 0 amide bonds. The van der Waals surface area contributed by atoms with Gasteiger partial charge in [0, 0.05) is 18.7 Å². The van der Waals surface area contributed by atoms with E-state index in [2.05, 4.69) is 5.32 Å². The molecular weight excluding hydrogens is 176 g/mol. The van der Waals surface area contributed by atoms with Gasteiger partial charge in [-0.25, -0.2) is 0 Å². The van der Waals surface area contributed by atoms with Crippen molar-refractivity contribution in [1.29, 1.82) is 0 Å². The fourth-order valence-electron chi connectivity index (χ4n) is 2.29. The third-order valence-electron chi connectivity index (χ3n) is 3.29. The van der Waals surface area contributed by atoms with Crippen molar-refractivity contribution in [2.45, 2.75) is 50.5 Å². The predicted octanol–water partition coefficient (Wildman–Crippen LogP) is 1.01. The molecular formula is C11H24N2O. The van der Waals surface area contributed by atoms with Crippen molar-refractivity contribution < 1.29 is 5.11 Å². The second-order valence-corrected chi connectivity index (χ2v) is 4.40. The maximum atomic E-state index is 8.74. The lowest BCUT2D eigenvalue weighted by atomic mass is 9.90. The topological polar surface area (TPSA) is 58.3 Å². The SMILES string of the molecule is NCC1(NCCCO)CCCCCC1. The van der Waals surface area contributed by atoms with Gasteiger partial charge in [0.1, 0.15) is 0 Å². The molecule has 0 saturated heterocycles. The van der Waals surface area contributed by atoms with E-state index in [0.717, 1.165) is 19.5 Å². The van der Waals surface area contributed by atoms with Gasteiger partial charge in [0.05, 0.1) is 0 Å². The summed E-state index contributed by atoms with van der Waals surface area (Å²) < 4.78 is 0. The highest BCUT2D eigenvalue weighted by Crippen LogP contribution is 2.26. The van der Waals surface area contributed by atoms with Gasteiger partial charge in [-0.15, -0.1) is 0 Å². The summed E-state index contributed by atoms with van der Waals surface area (Å²) in [5, 5.41) is 12.3. The molecule has 0 heterocycles. The van der Waals surface area contributed by atoms with Gasteiger partial charge in [-0.2, -0.15) is 0 Å². The molecule has 84 valence electrons. The molecule has 1 aliphatic rings. The van der Waals surface area contributed by atoms with Crippen LogP contribution in [0.1, 0.15) is 44.9 Å². The molecule has 0 aromatic carbocycles. The third kappa shape index (κ3) is 3.56. The van der Waals surface area contributed by atoms with Crippen LogP contribution in [0.2, 0.25) is 0 Å². The first-order valence-electron chi connectivity index (χ1n) is 5.89. The molecule has 0 aromatic heterocycles. The normalized spacial score (nSPS) is 21.9. The van der Waals surface area contributed by atoms with E-state index in [4.69, 9.17) is 10.8 Å². The van der Waals surface area contributed by atoms with Crippen LogP contribution in [0.4, 0.5) is 0 Å². The van der Waals surface area contributed by atoms with Crippen LogP contribution in [0.3, 0.4) is 0 Å². The average Bonchev–Trinajstić information content (AvgIpc) is 2.45. The summed E-state index contributed by atoms with van der Waals surface area (Å²) in [6.07, 6.45) is 8.53. The summed E-state index contributed by atoms with van der Waals surface area (Å²) in [6.45, 7) is 1.90. The van der Waals surface area contributed by atoms with E-state index in [-0.39, 0.29) is 12.1 Å². The molecule has 0 atom stereocenters. The van der Waals surface area contributed by atoms with Crippen LogP contribution in [0, 0.1) is 0 Å². The third-order valence-corrected chi connectivity index (χ3v) is 3.29. The van der Waals surface area contributed by atoms with Gasteiger partial charge in [-0.3, -0.25) is 0 Å². The molecule has 1 aliphatic carbocycles. The zero-order valence-electron chi connectivity index (χ0n) is 9.10. The molecule has 4 N–H and O–H groups in total. The van der Waals surface area contributed by atoms with Crippen LogP contribution in [0.25, 0.3) is 0 Å². The van der Waals surface area contributed by atoms with Crippen LogP contribution in [-0.4, -0.2) is 30.3 Å². The Kier molecular flexibility index (Phi) is 5.45. The molecule has 0 aliphatic heterocycles. The lowest BCUT2D eigenvalue weighted by molar-refractivity contribution is 0.254. The summed E-state index contributed by atoms with van der Waals surface area (Å²) in [4.78, 5) is 0. The molecule has 0 bridgehead atoms. The molecule has 1 rings (SSSR count). The number of rotatable bonds is 5. The van der Waals surface area contributed by atoms with Gasteiger partial charge in [0.15, 0.2) is 0 Å². The lowest BCUT2D eigenvalue weighted by Gasteiger charge is -2.32. The Balaban J connectivity index is 2.37. The summed E-state index contributed by atoms with van der Waals surface area (Å²) in [6, 6.07) is 0. The average molecular weight is 200 g/mol. The number of aliphatic hydroxyl groups is 1. The second kappa shape index (κ2) is 6.38. The summed E-state index contributed by atoms with van der Waals surface area (Å²) >= 11 is 0. The van der Waals surface area contributed by atoms with Gasteiger partial charge in [-0.1, -0.05) is 25.7 Å². The van der Waals surface area contributed by atoms with Gasteiger partial charge in [-0.05, 0) is 25.8 Å². The molecule has 0 aromatic rings. The van der Waals surface area contributed by atoms with E-state index in [1.807, 2.05) is 0 Å². The first-order valence-corrected chi connectivity index (χ1v) is 5.89.